The van der Waals surface area contributed by atoms with E-state index in [0.29, 0.717) is 6.42 Å². The lowest BCUT2D eigenvalue weighted by atomic mass is 10.2. The summed E-state index contributed by atoms with van der Waals surface area (Å²) in [7, 11) is 1.96. The molecule has 2 aromatic rings. The van der Waals surface area contributed by atoms with Crippen LogP contribution in [0.4, 0.5) is 5.69 Å². The van der Waals surface area contributed by atoms with Gasteiger partial charge < -0.3 is 15.6 Å². The number of anilines is 1. The van der Waals surface area contributed by atoms with E-state index in [1.807, 2.05) is 48.3 Å². The zero-order valence-corrected chi connectivity index (χ0v) is 15.5. The van der Waals surface area contributed by atoms with Crippen LogP contribution in [0.15, 0.2) is 46.7 Å². The summed E-state index contributed by atoms with van der Waals surface area (Å²) in [5.41, 5.74) is 6.61. The molecule has 0 saturated heterocycles. The number of amides is 1. The van der Waals surface area contributed by atoms with Crippen molar-refractivity contribution in [2.75, 3.05) is 17.3 Å². The Kier molecular flexibility index (Phi) is 8.54. The second-order valence-electron chi connectivity index (χ2n) is 4.82. The van der Waals surface area contributed by atoms with E-state index < -0.39 is 6.04 Å². The van der Waals surface area contributed by atoms with Crippen LogP contribution in [-0.4, -0.2) is 33.5 Å². The van der Waals surface area contributed by atoms with Gasteiger partial charge in [-0.2, -0.15) is 11.8 Å². The Balaban J connectivity index is 0.00000264. The number of nitrogens with two attached hydrogens (primary N) is 1. The minimum atomic E-state index is -0.464. The third-order valence-electron chi connectivity index (χ3n) is 3.08. The Morgan fingerprint density at radius 2 is 2.09 bits per heavy atom. The van der Waals surface area contributed by atoms with Crippen LogP contribution in [0, 0.1) is 0 Å². The van der Waals surface area contributed by atoms with Crippen LogP contribution in [0.5, 0.6) is 0 Å². The van der Waals surface area contributed by atoms with E-state index >= 15 is 0 Å². The van der Waals surface area contributed by atoms with E-state index in [0.717, 1.165) is 21.5 Å². The summed E-state index contributed by atoms with van der Waals surface area (Å²) < 4.78 is 1.96. The van der Waals surface area contributed by atoms with Gasteiger partial charge in [0.05, 0.1) is 6.04 Å². The summed E-state index contributed by atoms with van der Waals surface area (Å²) in [6.45, 7) is 0. The summed E-state index contributed by atoms with van der Waals surface area (Å²) >= 11 is 3.27. The van der Waals surface area contributed by atoms with E-state index in [-0.39, 0.29) is 18.3 Å². The number of hydrogen-bond acceptors (Lipinski definition) is 5. The average molecular weight is 373 g/mol. The van der Waals surface area contributed by atoms with Crippen LogP contribution in [-0.2, 0) is 11.8 Å². The fourth-order valence-corrected chi connectivity index (χ4v) is 3.06. The summed E-state index contributed by atoms with van der Waals surface area (Å²) in [4.78, 5) is 17.3. The average Bonchev–Trinajstić information content (AvgIpc) is 2.92. The monoisotopic (exact) mass is 372 g/mol. The quantitative estimate of drug-likeness (QED) is 0.781. The second kappa shape index (κ2) is 9.87. The van der Waals surface area contributed by atoms with E-state index in [9.17, 15) is 4.79 Å². The Morgan fingerprint density at radius 1 is 1.39 bits per heavy atom. The predicted octanol–water partition coefficient (Wildman–Crippen LogP) is 3.01. The molecule has 0 aliphatic heterocycles. The fraction of sp³-hybridized carbons (Fsp3) is 0.333. The number of imidazole rings is 1. The van der Waals surface area contributed by atoms with Gasteiger partial charge in [0.1, 0.15) is 0 Å². The number of benzene rings is 1. The molecule has 0 fully saturated rings. The predicted molar refractivity (Wildman–Crippen MR) is 101 cm³/mol. The largest absolute Gasteiger partial charge is 0.329 e. The third kappa shape index (κ3) is 6.10. The molecule has 23 heavy (non-hydrogen) atoms. The molecule has 0 radical (unpaired) electrons. The van der Waals surface area contributed by atoms with Gasteiger partial charge in [-0.3, -0.25) is 4.79 Å². The van der Waals surface area contributed by atoms with Crippen molar-refractivity contribution in [3.8, 4) is 0 Å². The molecule has 1 atom stereocenters. The van der Waals surface area contributed by atoms with Gasteiger partial charge in [0.15, 0.2) is 5.16 Å². The maximum absolute atomic E-state index is 11.9. The zero-order chi connectivity index (χ0) is 15.9. The Labute approximate surface area is 151 Å². The molecule has 5 nitrogen and oxygen atoms in total. The van der Waals surface area contributed by atoms with Crippen molar-refractivity contribution in [2.24, 2.45) is 12.8 Å². The van der Waals surface area contributed by atoms with Crippen molar-refractivity contribution in [1.29, 1.82) is 0 Å². The number of hydrogen-bond donors (Lipinski definition) is 2. The molecule has 1 amide bonds. The van der Waals surface area contributed by atoms with Crippen molar-refractivity contribution < 1.29 is 4.79 Å². The van der Waals surface area contributed by atoms with Crippen LogP contribution < -0.4 is 11.1 Å². The second-order valence-corrected chi connectivity index (χ2v) is 6.85. The van der Waals surface area contributed by atoms with E-state index in [2.05, 4.69) is 10.3 Å². The smallest absolute Gasteiger partial charge is 0.241 e. The first-order valence-corrected chi connectivity index (χ1v) is 9.12. The number of nitrogens with one attached hydrogen (secondary N) is 1. The first kappa shape index (κ1) is 19.9. The molecule has 1 heterocycles. The maximum atomic E-state index is 11.9. The molecule has 0 aliphatic rings. The SMILES string of the molecule is CSCC[C@H](N)C(=O)Nc1ccc(Sc2nccn2C)cc1.Cl. The van der Waals surface area contributed by atoms with Crippen molar-refractivity contribution in [1.82, 2.24) is 9.55 Å². The lowest BCUT2D eigenvalue weighted by Gasteiger charge is -2.12. The van der Waals surface area contributed by atoms with Gasteiger partial charge in [-0.05, 0) is 42.7 Å². The van der Waals surface area contributed by atoms with Crippen LogP contribution in [0.3, 0.4) is 0 Å². The van der Waals surface area contributed by atoms with Crippen LogP contribution in [0.25, 0.3) is 0 Å². The Hall–Kier alpha value is -1.15. The lowest BCUT2D eigenvalue weighted by Crippen LogP contribution is -2.36. The molecule has 0 saturated carbocycles. The highest BCUT2D eigenvalue weighted by molar-refractivity contribution is 7.99. The highest BCUT2D eigenvalue weighted by Crippen LogP contribution is 2.26. The molecule has 126 valence electrons. The molecule has 1 aromatic carbocycles. The van der Waals surface area contributed by atoms with Crippen molar-refractivity contribution >= 4 is 47.5 Å². The number of halogens is 1. The molecular weight excluding hydrogens is 352 g/mol. The minimum Gasteiger partial charge on any atom is -0.329 e. The highest BCUT2D eigenvalue weighted by atomic mass is 35.5. The summed E-state index contributed by atoms with van der Waals surface area (Å²) in [6, 6.07) is 7.22. The van der Waals surface area contributed by atoms with E-state index in [1.54, 1.807) is 29.7 Å². The van der Waals surface area contributed by atoms with Crippen LogP contribution >= 0.6 is 35.9 Å². The number of thioether (sulfide) groups is 1. The molecule has 8 heteroatoms. The minimum absolute atomic E-state index is 0. The molecule has 0 spiro atoms. The lowest BCUT2D eigenvalue weighted by molar-refractivity contribution is -0.117. The molecule has 2 rings (SSSR count). The topological polar surface area (TPSA) is 72.9 Å². The van der Waals surface area contributed by atoms with E-state index in [4.69, 9.17) is 5.73 Å². The number of aryl methyl sites for hydroxylation is 1. The van der Waals surface area contributed by atoms with Gasteiger partial charge in [0.25, 0.3) is 0 Å². The normalized spacial score (nSPS) is 11.6. The summed E-state index contributed by atoms with van der Waals surface area (Å²) in [5.74, 6) is 0.743. The number of aromatic nitrogens is 2. The van der Waals surface area contributed by atoms with Crippen LogP contribution in [0.2, 0.25) is 0 Å². The standard InChI is InChI=1S/C15H20N4OS2.ClH/c1-19-9-8-17-15(19)22-12-5-3-11(4-6-12)18-14(20)13(16)7-10-21-2;/h3-6,8-9,13H,7,10,16H2,1-2H3,(H,18,20);1H/t13-;/m0./s1. The first-order valence-electron chi connectivity index (χ1n) is 6.91. The van der Waals surface area contributed by atoms with Gasteiger partial charge in [0.2, 0.25) is 5.91 Å². The van der Waals surface area contributed by atoms with Gasteiger partial charge in [0, 0.05) is 30.0 Å². The molecule has 3 N–H and O–H groups in total. The fourth-order valence-electron chi connectivity index (χ4n) is 1.77. The molecule has 1 aromatic heterocycles. The highest BCUT2D eigenvalue weighted by Gasteiger charge is 2.13. The molecule has 0 aliphatic carbocycles. The van der Waals surface area contributed by atoms with Crippen molar-refractivity contribution in [2.45, 2.75) is 22.5 Å². The van der Waals surface area contributed by atoms with Crippen molar-refractivity contribution in [3.63, 3.8) is 0 Å². The molecule has 0 bridgehead atoms. The molecular formula is C15H21ClN4OS2. The number of rotatable bonds is 7. The Morgan fingerprint density at radius 3 is 2.65 bits per heavy atom. The number of carbonyl (C=O) groups excluding carboxylic acids is 1. The van der Waals surface area contributed by atoms with Crippen LogP contribution in [0.1, 0.15) is 6.42 Å². The third-order valence-corrected chi connectivity index (χ3v) is 4.81. The zero-order valence-electron chi connectivity index (χ0n) is 13.1. The van der Waals surface area contributed by atoms with Gasteiger partial charge in [-0.25, -0.2) is 4.98 Å². The van der Waals surface area contributed by atoms with Gasteiger partial charge in [-0.15, -0.1) is 12.4 Å². The first-order chi connectivity index (χ1) is 10.6. The summed E-state index contributed by atoms with van der Waals surface area (Å²) in [6.07, 6.45) is 6.36. The Bertz CT molecular complexity index is 618. The molecule has 0 unspecified atom stereocenters. The van der Waals surface area contributed by atoms with Gasteiger partial charge >= 0.3 is 0 Å². The van der Waals surface area contributed by atoms with Crippen molar-refractivity contribution in [3.05, 3.63) is 36.7 Å². The maximum Gasteiger partial charge on any atom is 0.241 e. The number of nitrogens with zero attached hydrogens (tertiary/aromatic N) is 2. The number of carbonyl (C=O) groups is 1. The summed E-state index contributed by atoms with van der Waals surface area (Å²) in [5, 5.41) is 3.77. The van der Waals surface area contributed by atoms with Gasteiger partial charge in [-0.1, -0.05) is 11.8 Å². The van der Waals surface area contributed by atoms with E-state index in [1.165, 1.54) is 0 Å².